The SMILES string of the molecule is CC1(C)C=C2[C@H]3CC[C@@H]4[C@@]5(C)CC[C@H](O)[C@@](C)(CO[C@@H]6O[C@H](CO[C@@H]7O[C@H](CO[C@@H]8OC[C@@H](O)[C@H](O)[C@H]8O)[C@@H](O)[C@H](O)[C@H]7O)[C@@H](O)[C@H](O)[C@H]6O)[C@@H]5CC[C@@]4(C)[C@]3(C)C[C@H](O)[C@@]2(CO[C@@H]2O[C@H](CO[C@@H]3O[C@H](CO)[C@@H](O)[C@H](O)[C@H]3O)[C@@H](O)[C@H](O)[C@H]2O)CC1. The molecule has 28 heteroatoms. The van der Waals surface area contributed by atoms with Crippen LogP contribution in [0.15, 0.2) is 11.6 Å². The third kappa shape index (κ3) is 12.0. The highest BCUT2D eigenvalue weighted by atomic mass is 16.8. The molecular weight excluding hydrogens is 1160 g/mol. The van der Waals surface area contributed by atoms with Gasteiger partial charge in [0.2, 0.25) is 0 Å². The predicted octanol–water partition coefficient (Wildman–Crippen LogP) is -5.16. The molecule has 0 amide bonds. The van der Waals surface area contributed by atoms with Crippen LogP contribution in [-0.4, -0.2) is 298 Å². The van der Waals surface area contributed by atoms with E-state index in [4.69, 9.17) is 47.4 Å². The van der Waals surface area contributed by atoms with Gasteiger partial charge in [-0.3, -0.25) is 0 Å². The van der Waals surface area contributed by atoms with Crippen molar-refractivity contribution in [1.29, 1.82) is 0 Å². The van der Waals surface area contributed by atoms with E-state index in [1.54, 1.807) is 0 Å². The first kappa shape index (κ1) is 68.5. The maximum Gasteiger partial charge on any atom is 0.186 e. The Morgan fingerprint density at radius 2 is 0.885 bits per heavy atom. The van der Waals surface area contributed by atoms with Crippen LogP contribution >= 0.6 is 0 Å². The number of rotatable bonds is 16. The summed E-state index contributed by atoms with van der Waals surface area (Å²) in [6.45, 7) is 10.2. The van der Waals surface area contributed by atoms with E-state index in [1.165, 1.54) is 0 Å². The number of aliphatic hydroxyl groups excluding tert-OH is 18. The van der Waals surface area contributed by atoms with Crippen LogP contribution in [0.25, 0.3) is 0 Å². The van der Waals surface area contributed by atoms with Gasteiger partial charge in [0.25, 0.3) is 0 Å². The first-order valence-electron chi connectivity index (χ1n) is 31.0. The maximum absolute atomic E-state index is 12.9. The quantitative estimate of drug-likeness (QED) is 0.0643. The Hall–Kier alpha value is -1.38. The topological polar surface area (TPSA) is 456 Å². The fraction of sp³-hybridized carbons (Fsp3) is 0.966. The highest BCUT2D eigenvalue weighted by Gasteiger charge is 2.71. The van der Waals surface area contributed by atoms with Crippen molar-refractivity contribution in [3.63, 3.8) is 0 Å². The summed E-state index contributed by atoms with van der Waals surface area (Å²) in [4.78, 5) is 0. The second-order valence-corrected chi connectivity index (χ2v) is 28.8. The van der Waals surface area contributed by atoms with Gasteiger partial charge in [0.15, 0.2) is 31.5 Å². The van der Waals surface area contributed by atoms with E-state index in [-0.39, 0.29) is 53.8 Å². The molecule has 0 radical (unpaired) electrons. The molecular formula is C59H98O28. The van der Waals surface area contributed by atoms with Gasteiger partial charge in [-0.25, -0.2) is 0 Å². The van der Waals surface area contributed by atoms with E-state index in [0.717, 1.165) is 24.8 Å². The molecule has 0 aromatic carbocycles. The molecule has 502 valence electrons. The Kier molecular flexibility index (Phi) is 20.3. The van der Waals surface area contributed by atoms with E-state index < -0.39 is 202 Å². The number of allylic oxidation sites excluding steroid dienone is 1. The lowest BCUT2D eigenvalue weighted by atomic mass is 9.32. The zero-order chi connectivity index (χ0) is 63.4. The van der Waals surface area contributed by atoms with Crippen molar-refractivity contribution in [2.75, 3.05) is 46.2 Å². The van der Waals surface area contributed by atoms with Gasteiger partial charge < -0.3 is 139 Å². The van der Waals surface area contributed by atoms with Gasteiger partial charge in [-0.1, -0.05) is 53.2 Å². The van der Waals surface area contributed by atoms with E-state index in [1.807, 2.05) is 6.92 Å². The first-order chi connectivity index (χ1) is 40.8. The van der Waals surface area contributed by atoms with Crippen LogP contribution in [-0.2, 0) is 47.4 Å². The summed E-state index contributed by atoms with van der Waals surface area (Å²) in [5.74, 6) is -0.0594. The molecule has 34 atom stereocenters. The molecule has 0 spiro atoms. The Morgan fingerprint density at radius 3 is 1.40 bits per heavy atom. The van der Waals surface area contributed by atoms with Gasteiger partial charge in [0, 0.05) is 10.8 Å². The lowest BCUT2D eigenvalue weighted by molar-refractivity contribution is -0.342. The minimum atomic E-state index is -1.84. The van der Waals surface area contributed by atoms with Crippen molar-refractivity contribution in [1.82, 2.24) is 0 Å². The Bertz CT molecular complexity index is 2360. The maximum atomic E-state index is 12.9. The van der Waals surface area contributed by atoms with Gasteiger partial charge in [0.05, 0.1) is 58.5 Å². The van der Waals surface area contributed by atoms with Gasteiger partial charge in [-0.15, -0.1) is 0 Å². The Morgan fingerprint density at radius 1 is 0.425 bits per heavy atom. The highest BCUT2D eigenvalue weighted by molar-refractivity contribution is 5.35. The Labute approximate surface area is 505 Å². The molecule has 0 unspecified atom stereocenters. The van der Waals surface area contributed by atoms with Crippen molar-refractivity contribution in [3.05, 3.63) is 11.6 Å². The summed E-state index contributed by atoms with van der Waals surface area (Å²) in [7, 11) is 0. The lowest BCUT2D eigenvalue weighted by Gasteiger charge is -2.73. The van der Waals surface area contributed by atoms with E-state index in [9.17, 15) is 91.9 Å². The minimum absolute atomic E-state index is 0.0221. The summed E-state index contributed by atoms with van der Waals surface area (Å²) < 4.78 is 58.4. The fourth-order valence-corrected chi connectivity index (χ4v) is 17.6. The lowest BCUT2D eigenvalue weighted by Crippen LogP contribution is -2.69. The molecule has 10 rings (SSSR count). The first-order valence-corrected chi connectivity index (χ1v) is 31.0. The van der Waals surface area contributed by atoms with Crippen molar-refractivity contribution in [2.24, 2.45) is 50.2 Å². The summed E-state index contributed by atoms with van der Waals surface area (Å²) in [5, 5.41) is 195. The van der Waals surface area contributed by atoms with E-state index >= 15 is 0 Å². The van der Waals surface area contributed by atoms with Crippen LogP contribution in [0.5, 0.6) is 0 Å². The molecule has 4 saturated carbocycles. The minimum Gasteiger partial charge on any atom is -0.394 e. The highest BCUT2D eigenvalue weighted by Crippen LogP contribution is 2.76. The largest absolute Gasteiger partial charge is 0.394 e. The summed E-state index contributed by atoms with van der Waals surface area (Å²) in [6, 6.07) is 0. The van der Waals surface area contributed by atoms with Gasteiger partial charge in [0.1, 0.15) is 116 Å². The van der Waals surface area contributed by atoms with Crippen LogP contribution in [0.2, 0.25) is 0 Å². The summed E-state index contributed by atoms with van der Waals surface area (Å²) >= 11 is 0. The van der Waals surface area contributed by atoms with Gasteiger partial charge in [-0.05, 0) is 97.2 Å². The molecule has 10 aliphatic rings. The summed E-state index contributed by atoms with van der Waals surface area (Å²) in [6.07, 6.45) is -32.6. The molecule has 18 N–H and O–H groups in total. The monoisotopic (exact) mass is 1250 g/mol. The number of ether oxygens (including phenoxy) is 10. The number of hydrogen-bond acceptors (Lipinski definition) is 28. The average Bonchev–Trinajstić information content (AvgIpc) is 0.677. The van der Waals surface area contributed by atoms with Crippen LogP contribution < -0.4 is 0 Å². The van der Waals surface area contributed by atoms with Gasteiger partial charge in [-0.2, -0.15) is 0 Å². The van der Waals surface area contributed by atoms with Crippen LogP contribution in [0.3, 0.4) is 0 Å². The second kappa shape index (κ2) is 25.7. The number of aliphatic hydroxyl groups is 18. The fourth-order valence-electron chi connectivity index (χ4n) is 17.6. The molecule has 5 saturated heterocycles. The zero-order valence-corrected chi connectivity index (χ0v) is 50.3. The van der Waals surface area contributed by atoms with Crippen molar-refractivity contribution < 1.29 is 139 Å². The third-order valence-electron chi connectivity index (χ3n) is 23.3. The molecule has 87 heavy (non-hydrogen) atoms. The van der Waals surface area contributed by atoms with Crippen LogP contribution in [0.1, 0.15) is 99.3 Å². The zero-order valence-electron chi connectivity index (χ0n) is 50.3. The summed E-state index contributed by atoms with van der Waals surface area (Å²) in [5.41, 5.74) is -2.27. The van der Waals surface area contributed by atoms with E-state index in [2.05, 4.69) is 40.7 Å². The third-order valence-corrected chi connectivity index (χ3v) is 23.3. The Balaban J connectivity index is 0.802. The normalized spacial score (nSPS) is 55.2. The smallest absolute Gasteiger partial charge is 0.186 e. The van der Waals surface area contributed by atoms with E-state index in [0.29, 0.717) is 38.5 Å². The molecule has 0 bridgehead atoms. The molecule has 0 aromatic heterocycles. The number of fused-ring (bicyclic) bond motifs is 7. The van der Waals surface area contributed by atoms with Crippen LogP contribution in [0, 0.1) is 50.2 Å². The van der Waals surface area contributed by atoms with Crippen molar-refractivity contribution in [3.8, 4) is 0 Å². The molecule has 9 fully saturated rings. The molecule has 5 aliphatic heterocycles. The molecule has 5 heterocycles. The van der Waals surface area contributed by atoms with Crippen LogP contribution in [0.4, 0.5) is 0 Å². The average molecular weight is 1260 g/mol. The predicted molar refractivity (Wildman–Crippen MR) is 292 cm³/mol. The second-order valence-electron chi connectivity index (χ2n) is 28.8. The molecule has 0 aromatic rings. The van der Waals surface area contributed by atoms with Crippen molar-refractivity contribution in [2.45, 2.75) is 259 Å². The standard InChI is InChI=1S/C59H98O28/c1-54(2)13-14-59(23-83-53-48(77)43(72)39(68)30(87-53)20-80-50-45(74)40(69)36(65)27(17-60)84-50)25(15-54)24-7-8-32-55(3)11-10-33(62)56(4,31(55)9-12-57(32,5)58(24,6)16-34(59)63)22-82-52-47(76)42(71)38(67)29(86-52)21-81-51-46(75)41(70)37(66)28(85-51)19-79-49-44(73)35(64)26(61)18-78-49/h15,24,26-53,60-77H,7-14,16-23H2,1-6H3/t24-,26-,27-,28-,29-,30-,31-,32-,33+,34+,35+,36-,37-,38-,39-,40+,41+,42+,43+,44-,45-,46-,47-,48-,49+,50-,51-,52-,53-,55+,56+,57-,58-,59-/m1/s1. The van der Waals surface area contributed by atoms with Crippen molar-refractivity contribution >= 4 is 0 Å². The van der Waals surface area contributed by atoms with Gasteiger partial charge >= 0.3 is 0 Å². The molecule has 5 aliphatic carbocycles. The molecule has 28 nitrogen and oxygen atoms in total. The number of hydrogen-bond donors (Lipinski definition) is 18.